The maximum Gasteiger partial charge on any atom is 0.191 e. The van der Waals surface area contributed by atoms with Crippen molar-refractivity contribution in [2.45, 2.75) is 27.2 Å². The van der Waals surface area contributed by atoms with Gasteiger partial charge in [-0.25, -0.2) is 15.0 Å². The highest BCUT2D eigenvalue weighted by molar-refractivity contribution is 5.48. The molecule has 2 aliphatic heterocycles. The van der Waals surface area contributed by atoms with E-state index in [-0.39, 0.29) is 0 Å². The molecule has 0 aliphatic carbocycles. The Hall–Kier alpha value is -1.95. The lowest BCUT2D eigenvalue weighted by molar-refractivity contribution is 0.309. The van der Waals surface area contributed by atoms with Crippen molar-refractivity contribution in [1.29, 1.82) is 0 Å². The molecule has 4 rings (SSSR count). The molecular formula is C18H25N5O. The molecule has 0 radical (unpaired) electrons. The molecule has 2 aromatic heterocycles. The van der Waals surface area contributed by atoms with Crippen molar-refractivity contribution in [1.82, 2.24) is 19.9 Å². The van der Waals surface area contributed by atoms with Gasteiger partial charge in [-0.3, -0.25) is 0 Å². The first kappa shape index (κ1) is 15.6. The summed E-state index contributed by atoms with van der Waals surface area (Å²) < 4.78 is 5.58. The zero-order valence-corrected chi connectivity index (χ0v) is 14.7. The van der Waals surface area contributed by atoms with Gasteiger partial charge < -0.3 is 14.2 Å². The van der Waals surface area contributed by atoms with Crippen LogP contribution in [-0.2, 0) is 6.42 Å². The van der Waals surface area contributed by atoms with Crippen molar-refractivity contribution in [3.8, 4) is 0 Å². The van der Waals surface area contributed by atoms with Gasteiger partial charge >= 0.3 is 0 Å². The van der Waals surface area contributed by atoms with Crippen LogP contribution in [0.25, 0.3) is 0 Å². The lowest BCUT2D eigenvalue weighted by Gasteiger charge is -2.23. The quantitative estimate of drug-likeness (QED) is 0.856. The maximum atomic E-state index is 5.58. The Morgan fingerprint density at radius 1 is 1.04 bits per heavy atom. The van der Waals surface area contributed by atoms with Crippen molar-refractivity contribution in [2.24, 2.45) is 11.8 Å². The van der Waals surface area contributed by atoms with Crippen LogP contribution < -0.4 is 4.90 Å². The normalized spacial score (nSPS) is 23.9. The van der Waals surface area contributed by atoms with Gasteiger partial charge in [0.25, 0.3) is 0 Å². The SMILES string of the molecule is Cc1ncc(CCN2CC3CN(c4ncnc(C)c4C)CC3C2)o1. The number of aryl methyl sites for hydroxylation is 2. The number of anilines is 1. The summed E-state index contributed by atoms with van der Waals surface area (Å²) in [6, 6.07) is 0. The summed E-state index contributed by atoms with van der Waals surface area (Å²) in [4.78, 5) is 18.0. The number of rotatable bonds is 4. The zero-order chi connectivity index (χ0) is 16.7. The molecule has 2 atom stereocenters. The fourth-order valence-electron chi connectivity index (χ4n) is 4.08. The molecular weight excluding hydrogens is 302 g/mol. The Bertz CT molecular complexity index is 714. The molecule has 2 fully saturated rings. The highest BCUT2D eigenvalue weighted by Gasteiger charge is 2.40. The van der Waals surface area contributed by atoms with Gasteiger partial charge in [-0.15, -0.1) is 0 Å². The smallest absolute Gasteiger partial charge is 0.191 e. The van der Waals surface area contributed by atoms with Crippen LogP contribution in [0, 0.1) is 32.6 Å². The predicted octanol–water partition coefficient (Wildman–Crippen LogP) is 2.00. The van der Waals surface area contributed by atoms with Gasteiger partial charge in [0.1, 0.15) is 17.9 Å². The van der Waals surface area contributed by atoms with E-state index in [1.165, 1.54) is 18.7 Å². The summed E-state index contributed by atoms with van der Waals surface area (Å²) in [6.45, 7) is 11.7. The molecule has 128 valence electrons. The summed E-state index contributed by atoms with van der Waals surface area (Å²) in [6.07, 6.45) is 4.50. The van der Waals surface area contributed by atoms with Crippen LogP contribution in [0.15, 0.2) is 16.9 Å². The summed E-state index contributed by atoms with van der Waals surface area (Å²) in [5.41, 5.74) is 2.30. The summed E-state index contributed by atoms with van der Waals surface area (Å²) in [5.74, 6) is 4.38. The van der Waals surface area contributed by atoms with E-state index < -0.39 is 0 Å². The lowest BCUT2D eigenvalue weighted by Crippen LogP contribution is -2.31. The van der Waals surface area contributed by atoms with Gasteiger partial charge in [0.2, 0.25) is 0 Å². The van der Waals surface area contributed by atoms with Gasteiger partial charge in [-0.2, -0.15) is 0 Å². The van der Waals surface area contributed by atoms with Crippen LogP contribution in [0.1, 0.15) is 22.9 Å². The lowest BCUT2D eigenvalue weighted by atomic mass is 10.0. The third-order valence-corrected chi connectivity index (χ3v) is 5.51. The number of oxazole rings is 1. The minimum absolute atomic E-state index is 0.746. The molecule has 2 aromatic rings. The number of hydrogen-bond donors (Lipinski definition) is 0. The Morgan fingerprint density at radius 2 is 1.79 bits per heavy atom. The fraction of sp³-hybridized carbons (Fsp3) is 0.611. The predicted molar refractivity (Wildman–Crippen MR) is 92.1 cm³/mol. The van der Waals surface area contributed by atoms with E-state index in [9.17, 15) is 0 Å². The van der Waals surface area contributed by atoms with Gasteiger partial charge in [0.05, 0.1) is 6.20 Å². The Kier molecular flexibility index (Phi) is 4.00. The topological polar surface area (TPSA) is 58.3 Å². The first-order valence-electron chi connectivity index (χ1n) is 8.77. The molecule has 0 amide bonds. The number of fused-ring (bicyclic) bond motifs is 1. The summed E-state index contributed by atoms with van der Waals surface area (Å²) in [7, 11) is 0. The molecule has 0 saturated carbocycles. The van der Waals surface area contributed by atoms with Crippen molar-refractivity contribution < 1.29 is 4.42 Å². The minimum atomic E-state index is 0.746. The summed E-state index contributed by atoms with van der Waals surface area (Å²) >= 11 is 0. The van der Waals surface area contributed by atoms with Crippen LogP contribution >= 0.6 is 0 Å². The molecule has 0 aromatic carbocycles. The van der Waals surface area contributed by atoms with E-state index >= 15 is 0 Å². The first-order chi connectivity index (χ1) is 11.6. The largest absolute Gasteiger partial charge is 0.446 e. The molecule has 2 aliphatic rings. The molecule has 0 bridgehead atoms. The number of nitrogens with zero attached hydrogens (tertiary/aromatic N) is 5. The van der Waals surface area contributed by atoms with E-state index in [0.717, 1.165) is 61.1 Å². The molecule has 0 spiro atoms. The van der Waals surface area contributed by atoms with Crippen molar-refractivity contribution >= 4 is 5.82 Å². The molecule has 6 heteroatoms. The molecule has 0 N–H and O–H groups in total. The molecule has 4 heterocycles. The number of aromatic nitrogens is 3. The first-order valence-corrected chi connectivity index (χ1v) is 8.77. The van der Waals surface area contributed by atoms with E-state index in [2.05, 4.69) is 38.6 Å². The highest BCUT2D eigenvalue weighted by Crippen LogP contribution is 2.34. The van der Waals surface area contributed by atoms with Gasteiger partial charge in [0.15, 0.2) is 5.89 Å². The van der Waals surface area contributed by atoms with E-state index in [1.54, 1.807) is 6.33 Å². The monoisotopic (exact) mass is 327 g/mol. The Morgan fingerprint density at radius 3 is 2.46 bits per heavy atom. The fourth-order valence-corrected chi connectivity index (χ4v) is 4.08. The van der Waals surface area contributed by atoms with Gasteiger partial charge in [-0.05, 0) is 25.7 Å². The number of likely N-dealkylation sites (tertiary alicyclic amines) is 1. The van der Waals surface area contributed by atoms with Crippen LogP contribution in [-0.4, -0.2) is 52.6 Å². The van der Waals surface area contributed by atoms with E-state index in [1.807, 2.05) is 13.1 Å². The van der Waals surface area contributed by atoms with Crippen molar-refractivity contribution in [3.63, 3.8) is 0 Å². The van der Waals surface area contributed by atoms with Gasteiger partial charge in [0, 0.05) is 57.3 Å². The third-order valence-electron chi connectivity index (χ3n) is 5.51. The number of hydrogen-bond acceptors (Lipinski definition) is 6. The van der Waals surface area contributed by atoms with Crippen molar-refractivity contribution in [2.75, 3.05) is 37.6 Å². The third kappa shape index (κ3) is 2.90. The van der Waals surface area contributed by atoms with Crippen LogP contribution in [0.3, 0.4) is 0 Å². The van der Waals surface area contributed by atoms with Crippen LogP contribution in [0.5, 0.6) is 0 Å². The highest BCUT2D eigenvalue weighted by atomic mass is 16.3. The van der Waals surface area contributed by atoms with Crippen LogP contribution in [0.2, 0.25) is 0 Å². The second-order valence-electron chi connectivity index (χ2n) is 7.19. The molecule has 2 unspecified atom stereocenters. The average molecular weight is 327 g/mol. The van der Waals surface area contributed by atoms with Gasteiger partial charge in [-0.1, -0.05) is 0 Å². The Labute approximate surface area is 142 Å². The average Bonchev–Trinajstić information content (AvgIpc) is 3.22. The zero-order valence-electron chi connectivity index (χ0n) is 14.7. The second-order valence-corrected chi connectivity index (χ2v) is 7.19. The van der Waals surface area contributed by atoms with E-state index in [4.69, 9.17) is 4.42 Å². The Balaban J connectivity index is 1.34. The maximum absolute atomic E-state index is 5.58. The molecule has 6 nitrogen and oxygen atoms in total. The van der Waals surface area contributed by atoms with Crippen molar-refractivity contribution in [3.05, 3.63) is 35.4 Å². The molecule has 24 heavy (non-hydrogen) atoms. The molecule has 2 saturated heterocycles. The van der Waals surface area contributed by atoms with E-state index in [0.29, 0.717) is 0 Å². The van der Waals surface area contributed by atoms with Crippen LogP contribution in [0.4, 0.5) is 5.82 Å². The minimum Gasteiger partial charge on any atom is -0.446 e. The second kappa shape index (κ2) is 6.16. The standard InChI is InChI=1S/C18H25N5O/c1-12-13(2)20-11-21-18(12)23-9-15-7-22(8-16(15)10-23)5-4-17-6-19-14(3)24-17/h6,11,15-16H,4-5,7-10H2,1-3H3. The summed E-state index contributed by atoms with van der Waals surface area (Å²) in [5, 5.41) is 0.